The first kappa shape index (κ1) is 16.4. The Labute approximate surface area is 145 Å². The fourth-order valence-corrected chi connectivity index (χ4v) is 4.92. The van der Waals surface area contributed by atoms with E-state index in [1.807, 2.05) is 4.90 Å². The lowest BCUT2D eigenvalue weighted by Gasteiger charge is -2.39. The Morgan fingerprint density at radius 2 is 1.67 bits per heavy atom. The van der Waals surface area contributed by atoms with Crippen LogP contribution in [0.1, 0.15) is 51.4 Å². The van der Waals surface area contributed by atoms with E-state index >= 15 is 0 Å². The number of hydrogen-bond donors (Lipinski definition) is 1. The SMILES string of the molecule is CN1CCN(C(=O)C2(NC(=O)[C@H]3C[C@H]3C3CCC3)CCCC2)CC1. The maximum Gasteiger partial charge on any atom is 0.248 e. The van der Waals surface area contributed by atoms with Crippen molar-refractivity contribution >= 4 is 11.8 Å². The molecule has 0 spiro atoms. The molecule has 4 fully saturated rings. The van der Waals surface area contributed by atoms with Gasteiger partial charge in [0.1, 0.15) is 5.54 Å². The predicted molar refractivity (Wildman–Crippen MR) is 92.4 cm³/mol. The minimum atomic E-state index is -0.597. The minimum absolute atomic E-state index is 0.163. The number of amides is 2. The summed E-state index contributed by atoms with van der Waals surface area (Å²) in [6.45, 7) is 3.45. The van der Waals surface area contributed by atoms with Gasteiger partial charge in [0, 0.05) is 32.1 Å². The van der Waals surface area contributed by atoms with Gasteiger partial charge in [-0.05, 0) is 38.1 Å². The first-order chi connectivity index (χ1) is 11.6. The second-order valence-electron chi connectivity index (χ2n) is 8.57. The summed E-state index contributed by atoms with van der Waals surface area (Å²) < 4.78 is 0. The highest BCUT2D eigenvalue weighted by Gasteiger charge is 2.52. The number of carbonyl (C=O) groups excluding carboxylic acids is 2. The van der Waals surface area contributed by atoms with E-state index in [0.717, 1.165) is 64.2 Å². The minimum Gasteiger partial charge on any atom is -0.341 e. The zero-order valence-electron chi connectivity index (χ0n) is 14.9. The van der Waals surface area contributed by atoms with Crippen molar-refractivity contribution in [2.75, 3.05) is 33.2 Å². The Morgan fingerprint density at radius 1 is 1.00 bits per heavy atom. The van der Waals surface area contributed by atoms with Crippen LogP contribution in [0.4, 0.5) is 0 Å². The van der Waals surface area contributed by atoms with Crippen LogP contribution in [-0.2, 0) is 9.59 Å². The van der Waals surface area contributed by atoms with Crippen LogP contribution in [0.5, 0.6) is 0 Å². The van der Waals surface area contributed by atoms with Crippen LogP contribution in [0.2, 0.25) is 0 Å². The molecule has 0 aromatic carbocycles. The molecule has 0 bridgehead atoms. The third-order valence-electron chi connectivity index (χ3n) is 6.95. The van der Waals surface area contributed by atoms with Gasteiger partial charge in [-0.15, -0.1) is 0 Å². The van der Waals surface area contributed by atoms with Crippen LogP contribution >= 0.6 is 0 Å². The van der Waals surface area contributed by atoms with E-state index in [2.05, 4.69) is 17.3 Å². The van der Waals surface area contributed by atoms with Crippen LogP contribution in [0, 0.1) is 17.8 Å². The third-order valence-corrected chi connectivity index (χ3v) is 6.95. The zero-order chi connectivity index (χ0) is 16.7. The summed E-state index contributed by atoms with van der Waals surface area (Å²) in [5.74, 6) is 1.93. The van der Waals surface area contributed by atoms with Crippen molar-refractivity contribution in [3.05, 3.63) is 0 Å². The van der Waals surface area contributed by atoms with Crippen molar-refractivity contribution in [2.24, 2.45) is 17.8 Å². The molecule has 3 saturated carbocycles. The Balaban J connectivity index is 1.39. The average molecular weight is 333 g/mol. The first-order valence-corrected chi connectivity index (χ1v) is 9.89. The standard InChI is InChI=1S/C19H31N3O2/c1-21-9-11-22(12-10-21)18(24)19(7-2-3-8-19)20-17(23)16-13-15(16)14-5-4-6-14/h14-16H,2-13H2,1H3,(H,20,23)/t15-,16-/m0/s1. The van der Waals surface area contributed by atoms with Crippen LogP contribution in [0.3, 0.4) is 0 Å². The summed E-state index contributed by atoms with van der Waals surface area (Å²) in [6.07, 6.45) is 8.75. The molecule has 5 heteroatoms. The smallest absolute Gasteiger partial charge is 0.248 e. The Morgan fingerprint density at radius 3 is 2.25 bits per heavy atom. The van der Waals surface area contributed by atoms with Crippen molar-refractivity contribution in [1.82, 2.24) is 15.1 Å². The van der Waals surface area contributed by atoms with E-state index in [-0.39, 0.29) is 17.7 Å². The molecule has 1 aliphatic heterocycles. The third kappa shape index (κ3) is 2.96. The van der Waals surface area contributed by atoms with E-state index in [4.69, 9.17) is 0 Å². The second-order valence-corrected chi connectivity index (χ2v) is 8.57. The molecule has 0 radical (unpaired) electrons. The number of piperazine rings is 1. The fraction of sp³-hybridized carbons (Fsp3) is 0.895. The zero-order valence-corrected chi connectivity index (χ0v) is 14.9. The summed E-state index contributed by atoms with van der Waals surface area (Å²) in [4.78, 5) is 30.2. The van der Waals surface area contributed by atoms with Crippen LogP contribution in [0.25, 0.3) is 0 Å². The molecule has 3 aliphatic carbocycles. The number of nitrogens with one attached hydrogen (secondary N) is 1. The van der Waals surface area contributed by atoms with Gasteiger partial charge in [0.15, 0.2) is 0 Å². The van der Waals surface area contributed by atoms with Gasteiger partial charge in [-0.1, -0.05) is 32.1 Å². The van der Waals surface area contributed by atoms with E-state index in [1.165, 1.54) is 19.3 Å². The number of carbonyl (C=O) groups is 2. The van der Waals surface area contributed by atoms with Crippen LogP contribution in [0.15, 0.2) is 0 Å². The van der Waals surface area contributed by atoms with E-state index < -0.39 is 5.54 Å². The van der Waals surface area contributed by atoms with Gasteiger partial charge >= 0.3 is 0 Å². The normalized spacial score (nSPS) is 33.1. The molecule has 24 heavy (non-hydrogen) atoms. The van der Waals surface area contributed by atoms with Crippen molar-refractivity contribution in [1.29, 1.82) is 0 Å². The molecule has 1 saturated heterocycles. The lowest BCUT2D eigenvalue weighted by molar-refractivity contribution is -0.143. The van der Waals surface area contributed by atoms with Gasteiger partial charge < -0.3 is 15.1 Å². The van der Waals surface area contributed by atoms with E-state index in [0.29, 0.717) is 5.92 Å². The molecule has 4 aliphatic rings. The molecule has 0 aromatic rings. The van der Waals surface area contributed by atoms with Crippen molar-refractivity contribution in [3.8, 4) is 0 Å². The van der Waals surface area contributed by atoms with Crippen molar-refractivity contribution in [2.45, 2.75) is 56.9 Å². The summed E-state index contributed by atoms with van der Waals surface area (Å²) in [7, 11) is 2.10. The molecule has 5 nitrogen and oxygen atoms in total. The quantitative estimate of drug-likeness (QED) is 0.851. The van der Waals surface area contributed by atoms with Crippen molar-refractivity contribution < 1.29 is 9.59 Å². The van der Waals surface area contributed by atoms with Gasteiger partial charge in [0.2, 0.25) is 11.8 Å². The van der Waals surface area contributed by atoms with Crippen LogP contribution in [-0.4, -0.2) is 60.4 Å². The lowest BCUT2D eigenvalue weighted by Crippen LogP contribution is -2.61. The summed E-state index contributed by atoms with van der Waals surface area (Å²) in [5.41, 5.74) is -0.597. The number of nitrogens with zero attached hydrogens (tertiary/aromatic N) is 2. The van der Waals surface area contributed by atoms with Gasteiger partial charge in [-0.2, -0.15) is 0 Å². The molecule has 4 rings (SSSR count). The highest BCUT2D eigenvalue weighted by molar-refractivity contribution is 5.93. The van der Waals surface area contributed by atoms with Gasteiger partial charge in [-0.25, -0.2) is 0 Å². The highest BCUT2D eigenvalue weighted by atomic mass is 16.2. The van der Waals surface area contributed by atoms with Crippen molar-refractivity contribution in [3.63, 3.8) is 0 Å². The van der Waals surface area contributed by atoms with E-state index in [9.17, 15) is 9.59 Å². The summed E-state index contributed by atoms with van der Waals surface area (Å²) in [6, 6.07) is 0. The summed E-state index contributed by atoms with van der Waals surface area (Å²) in [5, 5.41) is 3.25. The molecule has 0 aromatic heterocycles. The molecule has 2 atom stereocenters. The fourth-order valence-electron chi connectivity index (χ4n) is 4.92. The van der Waals surface area contributed by atoms with Crippen LogP contribution < -0.4 is 5.32 Å². The highest BCUT2D eigenvalue weighted by Crippen LogP contribution is 2.52. The molecule has 134 valence electrons. The number of likely N-dealkylation sites (N-methyl/N-ethyl adjacent to an activating group) is 1. The Bertz CT molecular complexity index is 503. The molecule has 1 heterocycles. The Hall–Kier alpha value is -1.10. The maximum absolute atomic E-state index is 13.2. The van der Waals surface area contributed by atoms with Gasteiger partial charge in [0.05, 0.1) is 0 Å². The summed E-state index contributed by atoms with van der Waals surface area (Å²) >= 11 is 0. The molecule has 2 amide bonds. The predicted octanol–water partition coefficient (Wildman–Crippen LogP) is 1.63. The monoisotopic (exact) mass is 333 g/mol. The Kier molecular flexibility index (Phi) is 4.31. The largest absolute Gasteiger partial charge is 0.341 e. The average Bonchev–Trinajstić information content (AvgIpc) is 3.15. The van der Waals surface area contributed by atoms with Gasteiger partial charge in [-0.3, -0.25) is 9.59 Å². The second kappa shape index (κ2) is 6.32. The first-order valence-electron chi connectivity index (χ1n) is 9.89. The molecule has 1 N–H and O–H groups in total. The lowest BCUT2D eigenvalue weighted by atomic mass is 9.81. The van der Waals surface area contributed by atoms with Gasteiger partial charge in [0.25, 0.3) is 0 Å². The van der Waals surface area contributed by atoms with E-state index in [1.54, 1.807) is 0 Å². The number of hydrogen-bond acceptors (Lipinski definition) is 3. The molecular formula is C19H31N3O2. The number of rotatable bonds is 4. The maximum atomic E-state index is 13.2. The molecule has 0 unspecified atom stereocenters. The molecular weight excluding hydrogens is 302 g/mol. The topological polar surface area (TPSA) is 52.6 Å².